The van der Waals surface area contributed by atoms with E-state index in [0.717, 1.165) is 5.69 Å². The standard InChI is InChI=1S/C12H11ClF2N4/c13-10-3-9(11-16-1-2-19(11)17-10)18-5-7(6-18)8-4-12(8,14)15/h1-3,7-8H,4-6H2. The number of rotatable bonds is 2. The zero-order chi connectivity index (χ0) is 13.2. The van der Waals surface area contributed by atoms with E-state index in [4.69, 9.17) is 11.6 Å². The highest BCUT2D eigenvalue weighted by Gasteiger charge is 2.62. The summed E-state index contributed by atoms with van der Waals surface area (Å²) in [6.07, 6.45) is 3.41. The van der Waals surface area contributed by atoms with Crippen molar-refractivity contribution in [2.45, 2.75) is 12.3 Å². The third kappa shape index (κ3) is 1.69. The summed E-state index contributed by atoms with van der Waals surface area (Å²) in [5, 5.41) is 4.48. The van der Waals surface area contributed by atoms with Crippen LogP contribution in [0.3, 0.4) is 0 Å². The minimum atomic E-state index is -2.44. The lowest BCUT2D eigenvalue weighted by atomic mass is 9.94. The van der Waals surface area contributed by atoms with Crippen molar-refractivity contribution < 1.29 is 8.78 Å². The number of halogens is 3. The number of alkyl halides is 2. The van der Waals surface area contributed by atoms with E-state index >= 15 is 0 Å². The lowest BCUT2D eigenvalue weighted by molar-refractivity contribution is 0.0799. The second-order valence-electron chi connectivity index (χ2n) is 5.28. The first-order valence-corrected chi connectivity index (χ1v) is 6.55. The molecule has 3 heterocycles. The third-order valence-electron chi connectivity index (χ3n) is 4.00. The smallest absolute Gasteiger partial charge is 0.252 e. The van der Waals surface area contributed by atoms with Gasteiger partial charge in [0.25, 0.3) is 5.92 Å². The van der Waals surface area contributed by atoms with Crippen molar-refractivity contribution in [1.29, 1.82) is 0 Å². The van der Waals surface area contributed by atoms with Crippen LogP contribution in [0.5, 0.6) is 0 Å². The average Bonchev–Trinajstić information content (AvgIpc) is 2.72. The largest absolute Gasteiger partial charge is 0.368 e. The second kappa shape index (κ2) is 3.56. The summed E-state index contributed by atoms with van der Waals surface area (Å²) >= 11 is 5.96. The summed E-state index contributed by atoms with van der Waals surface area (Å²) in [6, 6.07) is 1.74. The highest BCUT2D eigenvalue weighted by atomic mass is 35.5. The van der Waals surface area contributed by atoms with Crippen LogP contribution in [0.25, 0.3) is 5.65 Å². The molecule has 0 N–H and O–H groups in total. The number of hydrogen-bond acceptors (Lipinski definition) is 3. The van der Waals surface area contributed by atoms with Crippen LogP contribution in [0.4, 0.5) is 14.5 Å². The predicted molar refractivity (Wildman–Crippen MR) is 66.8 cm³/mol. The number of anilines is 1. The van der Waals surface area contributed by atoms with Gasteiger partial charge in [-0.3, -0.25) is 0 Å². The fourth-order valence-corrected chi connectivity index (χ4v) is 3.00. The molecule has 2 aromatic rings. The molecule has 1 unspecified atom stereocenters. The summed E-state index contributed by atoms with van der Waals surface area (Å²) in [5.74, 6) is -2.79. The molecule has 19 heavy (non-hydrogen) atoms. The van der Waals surface area contributed by atoms with Gasteiger partial charge >= 0.3 is 0 Å². The van der Waals surface area contributed by atoms with Gasteiger partial charge < -0.3 is 4.90 Å². The highest BCUT2D eigenvalue weighted by molar-refractivity contribution is 6.29. The first kappa shape index (κ1) is 11.4. The Labute approximate surface area is 113 Å². The van der Waals surface area contributed by atoms with Crippen molar-refractivity contribution in [3.63, 3.8) is 0 Å². The zero-order valence-corrected chi connectivity index (χ0v) is 10.7. The summed E-state index contributed by atoms with van der Waals surface area (Å²) in [5.41, 5.74) is 1.58. The summed E-state index contributed by atoms with van der Waals surface area (Å²) in [7, 11) is 0. The van der Waals surface area contributed by atoms with Gasteiger partial charge in [-0.25, -0.2) is 18.3 Å². The Morgan fingerprint density at radius 3 is 2.79 bits per heavy atom. The van der Waals surface area contributed by atoms with Gasteiger partial charge in [0.05, 0.1) is 5.69 Å². The molecule has 1 aliphatic heterocycles. The van der Waals surface area contributed by atoms with Gasteiger partial charge in [0, 0.05) is 49.8 Å². The SMILES string of the molecule is FC1(F)CC1C1CN(c2cc(Cl)nn3ccnc23)C1. The number of aromatic nitrogens is 3. The number of hydrogen-bond donors (Lipinski definition) is 0. The van der Waals surface area contributed by atoms with Gasteiger partial charge in [-0.1, -0.05) is 11.6 Å². The Morgan fingerprint density at radius 2 is 2.11 bits per heavy atom. The van der Waals surface area contributed by atoms with E-state index in [1.165, 1.54) is 0 Å². The molecule has 4 nitrogen and oxygen atoms in total. The van der Waals surface area contributed by atoms with Gasteiger partial charge in [-0.2, -0.15) is 5.10 Å². The maximum atomic E-state index is 13.0. The fourth-order valence-electron chi connectivity index (χ4n) is 2.81. The van der Waals surface area contributed by atoms with Crippen molar-refractivity contribution >= 4 is 22.9 Å². The predicted octanol–water partition coefficient (Wildman–Crippen LogP) is 2.47. The molecule has 100 valence electrons. The van der Waals surface area contributed by atoms with Crippen LogP contribution in [0.2, 0.25) is 5.15 Å². The summed E-state index contributed by atoms with van der Waals surface area (Å²) in [4.78, 5) is 6.27. The maximum Gasteiger partial charge on any atom is 0.252 e. The summed E-state index contributed by atoms with van der Waals surface area (Å²) in [6.45, 7) is 1.28. The van der Waals surface area contributed by atoms with Gasteiger partial charge in [-0.15, -0.1) is 0 Å². The molecule has 7 heteroatoms. The van der Waals surface area contributed by atoms with E-state index < -0.39 is 11.8 Å². The van der Waals surface area contributed by atoms with Crippen molar-refractivity contribution in [3.8, 4) is 0 Å². The fraction of sp³-hybridized carbons (Fsp3) is 0.500. The molecule has 1 saturated carbocycles. The van der Waals surface area contributed by atoms with Crippen LogP contribution in [0.15, 0.2) is 18.5 Å². The summed E-state index contributed by atoms with van der Waals surface area (Å²) < 4.78 is 27.6. The van der Waals surface area contributed by atoms with Gasteiger partial charge in [-0.05, 0) is 0 Å². The number of fused-ring (bicyclic) bond motifs is 1. The molecular formula is C12H11ClF2N4. The average molecular weight is 285 g/mol. The molecular weight excluding hydrogens is 274 g/mol. The molecule has 0 bridgehead atoms. The van der Waals surface area contributed by atoms with Gasteiger partial charge in [0.2, 0.25) is 0 Å². The van der Waals surface area contributed by atoms with Crippen molar-refractivity contribution in [1.82, 2.24) is 14.6 Å². The molecule has 2 aromatic heterocycles. The Hall–Kier alpha value is -1.43. The van der Waals surface area contributed by atoms with Crippen LogP contribution >= 0.6 is 11.6 Å². The lowest BCUT2D eigenvalue weighted by Gasteiger charge is -2.41. The highest BCUT2D eigenvalue weighted by Crippen LogP contribution is 2.55. The van der Waals surface area contributed by atoms with E-state index in [1.54, 1.807) is 23.0 Å². The van der Waals surface area contributed by atoms with Crippen LogP contribution in [0.1, 0.15) is 6.42 Å². The number of imidazole rings is 1. The minimum absolute atomic E-state index is 0.0431. The zero-order valence-electron chi connectivity index (χ0n) is 9.93. The minimum Gasteiger partial charge on any atom is -0.368 e. The molecule has 0 aromatic carbocycles. The van der Waals surface area contributed by atoms with E-state index in [9.17, 15) is 8.78 Å². The van der Waals surface area contributed by atoms with Crippen LogP contribution in [0, 0.1) is 11.8 Å². The normalized spacial score (nSPS) is 25.6. The van der Waals surface area contributed by atoms with E-state index in [1.807, 2.05) is 4.90 Å². The van der Waals surface area contributed by atoms with Crippen LogP contribution in [-0.2, 0) is 0 Å². The van der Waals surface area contributed by atoms with Crippen molar-refractivity contribution in [2.24, 2.45) is 11.8 Å². The van der Waals surface area contributed by atoms with E-state index in [2.05, 4.69) is 10.1 Å². The molecule has 1 atom stereocenters. The molecule has 1 aliphatic carbocycles. The van der Waals surface area contributed by atoms with E-state index in [0.29, 0.717) is 23.9 Å². The third-order valence-corrected chi connectivity index (χ3v) is 4.19. The Balaban J connectivity index is 1.58. The Kier molecular flexibility index (Phi) is 2.14. The number of nitrogens with zero attached hydrogens (tertiary/aromatic N) is 4. The monoisotopic (exact) mass is 284 g/mol. The van der Waals surface area contributed by atoms with Crippen LogP contribution in [-0.4, -0.2) is 33.6 Å². The topological polar surface area (TPSA) is 33.4 Å². The first-order valence-electron chi connectivity index (χ1n) is 6.17. The Morgan fingerprint density at radius 1 is 1.37 bits per heavy atom. The lowest BCUT2D eigenvalue weighted by Crippen LogP contribution is -2.48. The molecule has 4 rings (SSSR count). The second-order valence-corrected chi connectivity index (χ2v) is 5.67. The van der Waals surface area contributed by atoms with E-state index in [-0.39, 0.29) is 12.3 Å². The van der Waals surface area contributed by atoms with Crippen LogP contribution < -0.4 is 4.90 Å². The van der Waals surface area contributed by atoms with Crippen molar-refractivity contribution in [3.05, 3.63) is 23.6 Å². The molecule has 0 amide bonds. The van der Waals surface area contributed by atoms with Gasteiger partial charge in [0.1, 0.15) is 0 Å². The molecule has 2 fully saturated rings. The van der Waals surface area contributed by atoms with Crippen molar-refractivity contribution in [2.75, 3.05) is 18.0 Å². The van der Waals surface area contributed by atoms with Gasteiger partial charge in [0.15, 0.2) is 10.8 Å². The first-order chi connectivity index (χ1) is 9.04. The maximum absolute atomic E-state index is 13.0. The molecule has 2 aliphatic rings. The molecule has 0 spiro atoms. The quantitative estimate of drug-likeness (QED) is 0.849. The molecule has 1 saturated heterocycles. The Bertz CT molecular complexity index is 650. The molecule has 0 radical (unpaired) electrons.